The Hall–Kier alpha value is -5.30. The van der Waals surface area contributed by atoms with Crippen LogP contribution in [0.5, 0.6) is 0 Å². The predicted molar refractivity (Wildman–Crippen MR) is 197 cm³/mol. The number of rotatable bonds is 7. The van der Waals surface area contributed by atoms with Crippen molar-refractivity contribution in [3.8, 4) is 0 Å². The van der Waals surface area contributed by atoms with Crippen molar-refractivity contribution in [1.29, 1.82) is 0 Å². The first-order valence-electron chi connectivity index (χ1n) is 15.9. The third-order valence-electron chi connectivity index (χ3n) is 9.03. The SMILES string of the molecule is CC1=NN(c2cccc(B(c3cccc(N4CN(c5ccccc5)C(C)=N4)c3)c3c(C)cc(C)cc3C)c2)CN1c1ccccc1. The van der Waals surface area contributed by atoms with Crippen molar-refractivity contribution in [1.82, 2.24) is 0 Å². The third kappa shape index (κ3) is 5.65. The Morgan fingerprint density at radius 2 is 0.891 bits per heavy atom. The number of nitrogens with zero attached hydrogens (tertiary/aromatic N) is 6. The average Bonchev–Trinajstić information content (AvgIpc) is 3.66. The highest BCUT2D eigenvalue weighted by Crippen LogP contribution is 2.26. The molecule has 5 aromatic rings. The van der Waals surface area contributed by atoms with Crippen molar-refractivity contribution in [2.75, 3.05) is 33.2 Å². The van der Waals surface area contributed by atoms with Gasteiger partial charge in [0.2, 0.25) is 6.71 Å². The summed E-state index contributed by atoms with van der Waals surface area (Å²) in [5.41, 5.74) is 12.2. The lowest BCUT2D eigenvalue weighted by atomic mass is 9.35. The maximum atomic E-state index is 4.96. The molecule has 5 aromatic carbocycles. The van der Waals surface area contributed by atoms with Gasteiger partial charge < -0.3 is 9.80 Å². The van der Waals surface area contributed by atoms with E-state index >= 15 is 0 Å². The van der Waals surface area contributed by atoms with Gasteiger partial charge in [-0.05, 0) is 83.1 Å². The van der Waals surface area contributed by atoms with E-state index in [-0.39, 0.29) is 6.71 Å². The molecule has 7 heteroatoms. The Labute approximate surface area is 273 Å². The van der Waals surface area contributed by atoms with E-state index in [1.807, 2.05) is 12.1 Å². The van der Waals surface area contributed by atoms with Crippen molar-refractivity contribution >= 4 is 57.5 Å². The summed E-state index contributed by atoms with van der Waals surface area (Å²) in [6, 6.07) is 43.4. The summed E-state index contributed by atoms with van der Waals surface area (Å²) in [6.45, 7) is 12.2. The Morgan fingerprint density at radius 1 is 0.478 bits per heavy atom. The summed E-state index contributed by atoms with van der Waals surface area (Å²) in [7, 11) is 0. The molecule has 0 unspecified atom stereocenters. The summed E-state index contributed by atoms with van der Waals surface area (Å²) >= 11 is 0. The fourth-order valence-corrected chi connectivity index (χ4v) is 6.93. The zero-order chi connectivity index (χ0) is 31.8. The summed E-state index contributed by atoms with van der Waals surface area (Å²) in [6.07, 6.45) is 0. The number of anilines is 4. The smallest absolute Gasteiger partial charge is 0.242 e. The highest BCUT2D eigenvalue weighted by Gasteiger charge is 2.29. The molecule has 0 saturated heterocycles. The number of para-hydroxylation sites is 2. The second-order valence-corrected chi connectivity index (χ2v) is 12.3. The van der Waals surface area contributed by atoms with Crippen LogP contribution in [0.15, 0.2) is 132 Å². The molecule has 6 nitrogen and oxygen atoms in total. The minimum atomic E-state index is 0.0383. The van der Waals surface area contributed by atoms with Gasteiger partial charge in [-0.15, -0.1) is 0 Å². The zero-order valence-corrected chi connectivity index (χ0v) is 27.2. The van der Waals surface area contributed by atoms with Crippen LogP contribution in [0.4, 0.5) is 22.7 Å². The molecule has 0 atom stereocenters. The van der Waals surface area contributed by atoms with Crippen molar-refractivity contribution in [2.24, 2.45) is 10.2 Å². The molecule has 2 aliphatic rings. The molecule has 7 rings (SSSR count). The molecule has 0 amide bonds. The van der Waals surface area contributed by atoms with E-state index in [2.05, 4.69) is 164 Å². The minimum absolute atomic E-state index is 0.0383. The van der Waals surface area contributed by atoms with Crippen LogP contribution in [0.25, 0.3) is 0 Å². The topological polar surface area (TPSA) is 37.7 Å². The molecular weight excluding hydrogens is 563 g/mol. The van der Waals surface area contributed by atoms with Gasteiger partial charge in [0.15, 0.2) is 0 Å². The Bertz CT molecular complexity index is 1800. The fourth-order valence-electron chi connectivity index (χ4n) is 6.93. The van der Waals surface area contributed by atoms with Crippen LogP contribution in [0.2, 0.25) is 0 Å². The maximum absolute atomic E-state index is 4.96. The minimum Gasteiger partial charge on any atom is -0.308 e. The lowest BCUT2D eigenvalue weighted by Crippen LogP contribution is -2.54. The lowest BCUT2D eigenvalue weighted by Gasteiger charge is -2.25. The van der Waals surface area contributed by atoms with E-state index < -0.39 is 0 Å². The first-order chi connectivity index (χ1) is 22.4. The first kappa shape index (κ1) is 29.4. The highest BCUT2D eigenvalue weighted by molar-refractivity contribution is 6.96. The molecule has 2 aliphatic heterocycles. The van der Waals surface area contributed by atoms with Gasteiger partial charge in [-0.2, -0.15) is 10.2 Å². The monoisotopic (exact) mass is 602 g/mol. The molecule has 228 valence electrons. The predicted octanol–water partition coefficient (Wildman–Crippen LogP) is 6.36. The van der Waals surface area contributed by atoms with Gasteiger partial charge in [-0.1, -0.05) is 106 Å². The third-order valence-corrected chi connectivity index (χ3v) is 9.03. The molecular formula is C39H39BN6. The molecule has 0 fully saturated rings. The summed E-state index contributed by atoms with van der Waals surface area (Å²) in [5.74, 6) is 1.97. The highest BCUT2D eigenvalue weighted by atomic mass is 15.6. The number of hydrazone groups is 2. The average molecular weight is 603 g/mol. The van der Waals surface area contributed by atoms with Gasteiger partial charge in [0.05, 0.1) is 11.4 Å². The van der Waals surface area contributed by atoms with Crippen LogP contribution >= 0.6 is 0 Å². The molecule has 0 bridgehead atoms. The number of benzene rings is 5. The van der Waals surface area contributed by atoms with Crippen LogP contribution < -0.4 is 36.2 Å². The molecule has 0 radical (unpaired) electrons. The standard InChI is InChI=1S/C39H39BN6/c1-28-22-29(2)39(30(3)23-28)40(33-14-12-20-37(24-33)45-26-43(31(4)41-45)35-16-8-6-9-17-35)34-15-13-21-38(25-34)46-27-44(32(5)42-46)36-18-10-7-11-19-36/h6-25H,26-27H2,1-5H3. The Morgan fingerprint density at radius 3 is 1.33 bits per heavy atom. The van der Waals surface area contributed by atoms with Crippen LogP contribution in [0, 0.1) is 20.8 Å². The van der Waals surface area contributed by atoms with Gasteiger partial charge in [0, 0.05) is 11.4 Å². The van der Waals surface area contributed by atoms with E-state index in [1.54, 1.807) is 0 Å². The Kier molecular flexibility index (Phi) is 7.83. The van der Waals surface area contributed by atoms with Gasteiger partial charge in [0.1, 0.15) is 25.0 Å². The van der Waals surface area contributed by atoms with Crippen LogP contribution in [-0.2, 0) is 0 Å². The van der Waals surface area contributed by atoms with E-state index in [1.165, 1.54) is 33.1 Å². The summed E-state index contributed by atoms with van der Waals surface area (Å²) < 4.78 is 0. The van der Waals surface area contributed by atoms with Crippen LogP contribution in [0.1, 0.15) is 30.5 Å². The van der Waals surface area contributed by atoms with Crippen molar-refractivity contribution in [3.05, 3.63) is 138 Å². The van der Waals surface area contributed by atoms with Gasteiger partial charge in [-0.25, -0.2) is 10.0 Å². The van der Waals surface area contributed by atoms with Crippen LogP contribution in [0.3, 0.4) is 0 Å². The zero-order valence-electron chi connectivity index (χ0n) is 27.2. The molecule has 2 heterocycles. The number of hydrogen-bond donors (Lipinski definition) is 0. The molecule has 0 aliphatic carbocycles. The molecule has 0 spiro atoms. The molecule has 0 aromatic heterocycles. The van der Waals surface area contributed by atoms with Gasteiger partial charge >= 0.3 is 0 Å². The maximum Gasteiger partial charge on any atom is 0.242 e. The van der Waals surface area contributed by atoms with Crippen LogP contribution in [-0.4, -0.2) is 31.7 Å². The normalized spacial score (nSPS) is 14.5. The number of amidine groups is 2. The van der Waals surface area contributed by atoms with Crippen molar-refractivity contribution < 1.29 is 0 Å². The van der Waals surface area contributed by atoms with E-state index in [0.717, 1.165) is 34.4 Å². The number of hydrogen-bond acceptors (Lipinski definition) is 6. The second kappa shape index (κ2) is 12.2. The van der Waals surface area contributed by atoms with Gasteiger partial charge in [-0.3, -0.25) is 0 Å². The van der Waals surface area contributed by atoms with Crippen molar-refractivity contribution in [3.63, 3.8) is 0 Å². The summed E-state index contributed by atoms with van der Waals surface area (Å²) in [4.78, 5) is 4.50. The van der Waals surface area contributed by atoms with Crippen molar-refractivity contribution in [2.45, 2.75) is 34.6 Å². The van der Waals surface area contributed by atoms with E-state index in [4.69, 9.17) is 10.2 Å². The Balaban J connectivity index is 1.26. The first-order valence-corrected chi connectivity index (χ1v) is 15.9. The quantitative estimate of drug-likeness (QED) is 0.203. The fraction of sp³-hybridized carbons (Fsp3) is 0.179. The molecule has 46 heavy (non-hydrogen) atoms. The molecule has 0 N–H and O–H groups in total. The number of aryl methyl sites for hydroxylation is 3. The van der Waals surface area contributed by atoms with E-state index in [0.29, 0.717) is 13.3 Å². The van der Waals surface area contributed by atoms with E-state index in [9.17, 15) is 0 Å². The lowest BCUT2D eigenvalue weighted by molar-refractivity contribution is 0.912. The molecule has 0 saturated carbocycles. The largest absolute Gasteiger partial charge is 0.308 e. The second-order valence-electron chi connectivity index (χ2n) is 12.3. The summed E-state index contributed by atoms with van der Waals surface area (Å²) in [5, 5.41) is 14.1. The van der Waals surface area contributed by atoms with Gasteiger partial charge in [0.25, 0.3) is 0 Å².